The molecular weight excluding hydrogens is 272 g/mol. The maximum Gasteiger partial charge on any atom is 0.292 e. The molecule has 0 spiro atoms. The van der Waals surface area contributed by atoms with Crippen LogP contribution in [0.2, 0.25) is 0 Å². The second-order valence-corrected chi connectivity index (χ2v) is 5.49. The average molecular weight is 292 g/mol. The van der Waals surface area contributed by atoms with Crippen molar-refractivity contribution < 1.29 is 9.72 Å². The molecule has 1 aromatic carbocycles. The number of carbonyl (C=O) groups excluding carboxylic acids is 1. The van der Waals surface area contributed by atoms with Gasteiger partial charge in [0.2, 0.25) is 5.91 Å². The highest BCUT2D eigenvalue weighted by Crippen LogP contribution is 2.23. The summed E-state index contributed by atoms with van der Waals surface area (Å²) in [6.45, 7) is 5.96. The maximum absolute atomic E-state index is 12.1. The van der Waals surface area contributed by atoms with Crippen LogP contribution in [0.15, 0.2) is 24.3 Å². The van der Waals surface area contributed by atoms with E-state index in [-0.39, 0.29) is 23.8 Å². The summed E-state index contributed by atoms with van der Waals surface area (Å²) in [5.74, 6) is -0.231. The second-order valence-electron chi connectivity index (χ2n) is 5.49. The number of piperazine rings is 1. The molecule has 0 aliphatic carbocycles. The molecule has 7 heteroatoms. The van der Waals surface area contributed by atoms with Crippen molar-refractivity contribution in [1.29, 1.82) is 0 Å². The molecule has 1 aliphatic heterocycles. The second kappa shape index (κ2) is 6.64. The van der Waals surface area contributed by atoms with E-state index in [2.05, 4.69) is 29.4 Å². The molecule has 1 aliphatic rings. The number of nitrogens with one attached hydrogen (secondary N) is 2. The monoisotopic (exact) mass is 292 g/mol. The van der Waals surface area contributed by atoms with Crippen LogP contribution >= 0.6 is 0 Å². The Balaban J connectivity index is 1.97. The van der Waals surface area contributed by atoms with E-state index in [0.29, 0.717) is 12.1 Å². The Morgan fingerprint density at radius 3 is 2.62 bits per heavy atom. The lowest BCUT2D eigenvalue weighted by Gasteiger charge is -2.35. The molecule has 2 atom stereocenters. The van der Waals surface area contributed by atoms with E-state index in [0.717, 1.165) is 13.1 Å². The van der Waals surface area contributed by atoms with Crippen molar-refractivity contribution >= 4 is 17.3 Å². The Hall–Kier alpha value is -1.99. The molecule has 7 nitrogen and oxygen atoms in total. The molecule has 1 aromatic rings. The van der Waals surface area contributed by atoms with Gasteiger partial charge >= 0.3 is 0 Å². The van der Waals surface area contributed by atoms with Gasteiger partial charge in [-0.25, -0.2) is 0 Å². The first kappa shape index (κ1) is 15.4. The molecule has 2 rings (SSSR count). The summed E-state index contributed by atoms with van der Waals surface area (Å²) in [6.07, 6.45) is 0. The third-order valence-corrected chi connectivity index (χ3v) is 3.38. The van der Waals surface area contributed by atoms with Crippen molar-refractivity contribution in [2.75, 3.05) is 25.0 Å². The van der Waals surface area contributed by atoms with Gasteiger partial charge in [-0.2, -0.15) is 0 Å². The van der Waals surface area contributed by atoms with Crippen molar-refractivity contribution in [2.24, 2.45) is 0 Å². The maximum atomic E-state index is 12.1. The fourth-order valence-electron chi connectivity index (χ4n) is 2.70. The van der Waals surface area contributed by atoms with Crippen molar-refractivity contribution in [1.82, 2.24) is 10.2 Å². The zero-order valence-corrected chi connectivity index (χ0v) is 12.2. The van der Waals surface area contributed by atoms with Crippen molar-refractivity contribution in [3.05, 3.63) is 34.4 Å². The molecule has 1 fully saturated rings. The summed E-state index contributed by atoms with van der Waals surface area (Å²) in [5, 5.41) is 16.9. The smallest absolute Gasteiger partial charge is 0.292 e. The number of anilines is 1. The lowest BCUT2D eigenvalue weighted by atomic mass is 10.1. The quantitative estimate of drug-likeness (QED) is 0.643. The summed E-state index contributed by atoms with van der Waals surface area (Å²) >= 11 is 0. The Kier molecular flexibility index (Phi) is 4.87. The van der Waals surface area contributed by atoms with Crippen molar-refractivity contribution in [2.45, 2.75) is 25.9 Å². The zero-order valence-electron chi connectivity index (χ0n) is 12.2. The highest BCUT2D eigenvalue weighted by Gasteiger charge is 2.23. The number of benzene rings is 1. The van der Waals surface area contributed by atoms with Crippen LogP contribution in [-0.2, 0) is 4.79 Å². The molecule has 0 bridgehead atoms. The lowest BCUT2D eigenvalue weighted by Crippen LogP contribution is -2.55. The molecule has 21 heavy (non-hydrogen) atoms. The van der Waals surface area contributed by atoms with Gasteiger partial charge in [-0.1, -0.05) is 12.1 Å². The van der Waals surface area contributed by atoms with Gasteiger partial charge in [0.15, 0.2) is 0 Å². The molecule has 2 unspecified atom stereocenters. The van der Waals surface area contributed by atoms with E-state index in [1.54, 1.807) is 18.2 Å². The molecule has 114 valence electrons. The lowest BCUT2D eigenvalue weighted by molar-refractivity contribution is -0.383. The standard InChI is InChI=1S/C14H20N4O3/c1-10-7-17(8-11(2)15-10)9-14(19)16-12-5-3-4-6-13(12)18(20)21/h3-6,10-11,15H,7-9H2,1-2H3,(H,16,19). The molecule has 1 amide bonds. The minimum atomic E-state index is -0.495. The van der Waals surface area contributed by atoms with Crippen LogP contribution in [0, 0.1) is 10.1 Å². The molecule has 0 saturated carbocycles. The number of carbonyl (C=O) groups is 1. The van der Waals surface area contributed by atoms with E-state index in [1.165, 1.54) is 6.07 Å². The van der Waals surface area contributed by atoms with Crippen LogP contribution in [0.5, 0.6) is 0 Å². The van der Waals surface area contributed by atoms with Gasteiger partial charge in [0.05, 0.1) is 11.5 Å². The summed E-state index contributed by atoms with van der Waals surface area (Å²) in [4.78, 5) is 24.5. The fourth-order valence-corrected chi connectivity index (χ4v) is 2.70. The first-order valence-electron chi connectivity index (χ1n) is 6.97. The summed E-state index contributed by atoms with van der Waals surface area (Å²) in [6, 6.07) is 6.81. The van der Waals surface area contributed by atoms with Crippen LogP contribution in [0.4, 0.5) is 11.4 Å². The SMILES string of the molecule is CC1CN(CC(=O)Nc2ccccc2[N+](=O)[O-])CC(C)N1. The molecule has 0 aromatic heterocycles. The Morgan fingerprint density at radius 1 is 1.38 bits per heavy atom. The number of nitrogens with zero attached hydrogens (tertiary/aromatic N) is 2. The van der Waals surface area contributed by atoms with Crippen LogP contribution in [0.3, 0.4) is 0 Å². The predicted octanol–water partition coefficient (Wildman–Crippen LogP) is 1.22. The van der Waals surface area contributed by atoms with Gasteiger partial charge in [-0.15, -0.1) is 0 Å². The van der Waals surface area contributed by atoms with Gasteiger partial charge in [0, 0.05) is 31.2 Å². The van der Waals surface area contributed by atoms with Gasteiger partial charge in [0.25, 0.3) is 5.69 Å². The van der Waals surface area contributed by atoms with Crippen LogP contribution in [0.25, 0.3) is 0 Å². The first-order chi connectivity index (χ1) is 9.95. The van der Waals surface area contributed by atoms with E-state index >= 15 is 0 Å². The van der Waals surface area contributed by atoms with Crippen LogP contribution in [0.1, 0.15) is 13.8 Å². The number of hydrogen-bond donors (Lipinski definition) is 2. The molecule has 1 saturated heterocycles. The van der Waals surface area contributed by atoms with E-state index < -0.39 is 4.92 Å². The van der Waals surface area contributed by atoms with E-state index in [4.69, 9.17) is 0 Å². The highest BCUT2D eigenvalue weighted by atomic mass is 16.6. The molecule has 2 N–H and O–H groups in total. The fraction of sp³-hybridized carbons (Fsp3) is 0.500. The third-order valence-electron chi connectivity index (χ3n) is 3.38. The van der Waals surface area contributed by atoms with Gasteiger partial charge < -0.3 is 10.6 Å². The van der Waals surface area contributed by atoms with Gasteiger partial charge in [-0.3, -0.25) is 19.8 Å². The number of hydrogen-bond acceptors (Lipinski definition) is 5. The minimum Gasteiger partial charge on any atom is -0.319 e. The van der Waals surface area contributed by atoms with Crippen LogP contribution in [-0.4, -0.2) is 47.4 Å². The third kappa shape index (κ3) is 4.24. The Bertz CT molecular complexity index is 525. The van der Waals surface area contributed by atoms with Gasteiger partial charge in [0.1, 0.15) is 5.69 Å². The van der Waals surface area contributed by atoms with E-state index in [1.807, 2.05) is 0 Å². The number of nitro benzene ring substituents is 1. The highest BCUT2D eigenvalue weighted by molar-refractivity contribution is 5.94. The zero-order chi connectivity index (χ0) is 15.4. The number of rotatable bonds is 4. The summed E-state index contributed by atoms with van der Waals surface area (Å²) < 4.78 is 0. The normalized spacial score (nSPS) is 22.8. The average Bonchev–Trinajstić information content (AvgIpc) is 2.37. The number of para-hydroxylation sites is 2. The van der Waals surface area contributed by atoms with Crippen molar-refractivity contribution in [3.63, 3.8) is 0 Å². The largest absolute Gasteiger partial charge is 0.319 e. The summed E-state index contributed by atoms with van der Waals surface area (Å²) in [7, 11) is 0. The number of nitro groups is 1. The molecule has 1 heterocycles. The summed E-state index contributed by atoms with van der Waals surface area (Å²) in [5.41, 5.74) is 0.150. The van der Waals surface area contributed by atoms with Crippen LogP contribution < -0.4 is 10.6 Å². The number of amides is 1. The predicted molar refractivity (Wildman–Crippen MR) is 80.2 cm³/mol. The topological polar surface area (TPSA) is 87.5 Å². The van der Waals surface area contributed by atoms with Crippen molar-refractivity contribution in [3.8, 4) is 0 Å². The Labute approximate surface area is 123 Å². The minimum absolute atomic E-state index is 0.0899. The Morgan fingerprint density at radius 2 is 2.00 bits per heavy atom. The first-order valence-corrected chi connectivity index (χ1v) is 6.97. The molecular formula is C14H20N4O3. The molecule has 0 radical (unpaired) electrons. The van der Waals surface area contributed by atoms with E-state index in [9.17, 15) is 14.9 Å². The van der Waals surface area contributed by atoms with Gasteiger partial charge in [-0.05, 0) is 19.9 Å².